The van der Waals surface area contributed by atoms with Gasteiger partial charge < -0.3 is 16.4 Å². The molecule has 1 aromatic carbocycles. The maximum Gasteiger partial charge on any atom is 0.238 e. The first-order valence-corrected chi connectivity index (χ1v) is 9.21. The van der Waals surface area contributed by atoms with E-state index < -0.39 is 0 Å². The number of primary amides is 1. The quantitative estimate of drug-likeness (QED) is 0.664. The number of nitrogens with one attached hydrogen (secondary N) is 2. The van der Waals surface area contributed by atoms with E-state index in [1.165, 1.54) is 18.4 Å². The second-order valence-electron chi connectivity index (χ2n) is 7.30. The number of nitrogens with two attached hydrogens (primary N) is 1. The lowest BCUT2D eigenvalue weighted by atomic mass is 9.97. The van der Waals surface area contributed by atoms with E-state index >= 15 is 0 Å². The molecule has 0 bridgehead atoms. The van der Waals surface area contributed by atoms with Crippen molar-refractivity contribution in [2.75, 3.05) is 31.5 Å². The van der Waals surface area contributed by atoms with Gasteiger partial charge in [0.2, 0.25) is 11.8 Å². The smallest absolute Gasteiger partial charge is 0.238 e. The third-order valence-electron chi connectivity index (χ3n) is 4.97. The van der Waals surface area contributed by atoms with Crippen LogP contribution in [0.3, 0.4) is 0 Å². The normalized spacial score (nSPS) is 21.0. The Morgan fingerprint density at radius 2 is 1.92 bits per heavy atom. The SMILES string of the molecule is NC(=O)C1CCCN(Cc2ccc(NC(=O)CNCC3CC3)cc2)C1. The Morgan fingerprint density at radius 3 is 2.60 bits per heavy atom. The van der Waals surface area contributed by atoms with Crippen molar-refractivity contribution in [1.82, 2.24) is 10.2 Å². The molecule has 6 heteroatoms. The summed E-state index contributed by atoms with van der Waals surface area (Å²) in [5, 5.41) is 6.10. The Bertz CT molecular complexity index is 598. The highest BCUT2D eigenvalue weighted by molar-refractivity contribution is 5.92. The molecule has 1 atom stereocenters. The largest absolute Gasteiger partial charge is 0.369 e. The van der Waals surface area contributed by atoms with E-state index in [0.717, 1.165) is 50.6 Å². The van der Waals surface area contributed by atoms with Gasteiger partial charge in [-0.05, 0) is 62.4 Å². The molecule has 1 aliphatic heterocycles. The number of piperidine rings is 1. The summed E-state index contributed by atoms with van der Waals surface area (Å²) < 4.78 is 0. The lowest BCUT2D eigenvalue weighted by Crippen LogP contribution is -2.40. The highest BCUT2D eigenvalue weighted by Gasteiger charge is 2.23. The molecule has 2 amide bonds. The van der Waals surface area contributed by atoms with Gasteiger partial charge in [0.15, 0.2) is 0 Å². The second kappa shape index (κ2) is 8.45. The lowest BCUT2D eigenvalue weighted by molar-refractivity contribution is -0.123. The minimum atomic E-state index is -0.196. The molecule has 1 heterocycles. The number of hydrogen-bond donors (Lipinski definition) is 3. The molecule has 0 aromatic heterocycles. The zero-order valence-electron chi connectivity index (χ0n) is 14.7. The van der Waals surface area contributed by atoms with Gasteiger partial charge >= 0.3 is 0 Å². The van der Waals surface area contributed by atoms with Gasteiger partial charge in [0.25, 0.3) is 0 Å². The number of likely N-dealkylation sites (tertiary alicyclic amines) is 1. The number of anilines is 1. The van der Waals surface area contributed by atoms with Crippen molar-refractivity contribution in [3.8, 4) is 0 Å². The van der Waals surface area contributed by atoms with E-state index in [-0.39, 0.29) is 17.7 Å². The van der Waals surface area contributed by atoms with Crippen LogP contribution in [-0.2, 0) is 16.1 Å². The highest BCUT2D eigenvalue weighted by Crippen LogP contribution is 2.27. The van der Waals surface area contributed by atoms with Crippen LogP contribution < -0.4 is 16.4 Å². The fourth-order valence-electron chi connectivity index (χ4n) is 3.30. The molecule has 1 aromatic rings. The monoisotopic (exact) mass is 344 g/mol. The van der Waals surface area contributed by atoms with E-state index in [4.69, 9.17) is 5.73 Å². The van der Waals surface area contributed by atoms with Crippen LogP contribution >= 0.6 is 0 Å². The van der Waals surface area contributed by atoms with Gasteiger partial charge in [-0.25, -0.2) is 0 Å². The zero-order chi connectivity index (χ0) is 17.6. The minimum Gasteiger partial charge on any atom is -0.369 e. The van der Waals surface area contributed by atoms with Gasteiger partial charge in [-0.1, -0.05) is 12.1 Å². The van der Waals surface area contributed by atoms with Crippen LogP contribution in [0.2, 0.25) is 0 Å². The summed E-state index contributed by atoms with van der Waals surface area (Å²) in [5.41, 5.74) is 7.42. The molecule has 2 aliphatic rings. The third kappa shape index (κ3) is 5.83. The van der Waals surface area contributed by atoms with Crippen molar-refractivity contribution in [2.24, 2.45) is 17.6 Å². The van der Waals surface area contributed by atoms with E-state index in [2.05, 4.69) is 15.5 Å². The minimum absolute atomic E-state index is 0.00581. The molecule has 1 aliphatic carbocycles. The van der Waals surface area contributed by atoms with Crippen LogP contribution in [0.4, 0.5) is 5.69 Å². The molecule has 1 saturated heterocycles. The average molecular weight is 344 g/mol. The molecule has 2 fully saturated rings. The van der Waals surface area contributed by atoms with Crippen molar-refractivity contribution in [1.29, 1.82) is 0 Å². The average Bonchev–Trinajstić information content (AvgIpc) is 3.41. The van der Waals surface area contributed by atoms with Gasteiger partial charge in [-0.2, -0.15) is 0 Å². The predicted molar refractivity (Wildman–Crippen MR) is 97.9 cm³/mol. The summed E-state index contributed by atoms with van der Waals surface area (Å²) in [6.07, 6.45) is 4.47. The molecular formula is C19H28N4O2. The summed E-state index contributed by atoms with van der Waals surface area (Å²) in [4.78, 5) is 25.5. The Kier molecular flexibility index (Phi) is 6.04. The van der Waals surface area contributed by atoms with Crippen LogP contribution in [0.1, 0.15) is 31.2 Å². The first kappa shape index (κ1) is 17.9. The third-order valence-corrected chi connectivity index (χ3v) is 4.97. The first-order chi connectivity index (χ1) is 12.1. The fourth-order valence-corrected chi connectivity index (χ4v) is 3.30. The van der Waals surface area contributed by atoms with E-state index in [9.17, 15) is 9.59 Å². The van der Waals surface area contributed by atoms with Crippen LogP contribution in [-0.4, -0.2) is 42.9 Å². The highest BCUT2D eigenvalue weighted by atomic mass is 16.2. The summed E-state index contributed by atoms with van der Waals surface area (Å²) in [6, 6.07) is 7.93. The summed E-state index contributed by atoms with van der Waals surface area (Å²) >= 11 is 0. The van der Waals surface area contributed by atoms with Crippen molar-refractivity contribution in [3.63, 3.8) is 0 Å². The Hall–Kier alpha value is -1.92. The molecule has 25 heavy (non-hydrogen) atoms. The number of amides is 2. The molecule has 0 radical (unpaired) electrons. The topological polar surface area (TPSA) is 87.5 Å². The number of carbonyl (C=O) groups excluding carboxylic acids is 2. The number of carbonyl (C=O) groups is 2. The molecule has 1 saturated carbocycles. The van der Waals surface area contributed by atoms with Gasteiger partial charge in [0.05, 0.1) is 12.5 Å². The Balaban J connectivity index is 1.43. The number of hydrogen-bond acceptors (Lipinski definition) is 4. The van der Waals surface area contributed by atoms with Crippen molar-refractivity contribution in [3.05, 3.63) is 29.8 Å². The lowest BCUT2D eigenvalue weighted by Gasteiger charge is -2.31. The maximum atomic E-state index is 11.9. The van der Waals surface area contributed by atoms with Crippen molar-refractivity contribution in [2.45, 2.75) is 32.2 Å². The molecule has 136 valence electrons. The predicted octanol–water partition coefficient (Wildman–Crippen LogP) is 1.32. The zero-order valence-corrected chi connectivity index (χ0v) is 14.7. The summed E-state index contributed by atoms with van der Waals surface area (Å²) in [6.45, 7) is 3.84. The van der Waals surface area contributed by atoms with Crippen LogP contribution in [0.25, 0.3) is 0 Å². The summed E-state index contributed by atoms with van der Waals surface area (Å²) in [5.74, 6) is 0.540. The second-order valence-corrected chi connectivity index (χ2v) is 7.30. The van der Waals surface area contributed by atoms with Crippen LogP contribution in [0.5, 0.6) is 0 Å². The summed E-state index contributed by atoms with van der Waals surface area (Å²) in [7, 11) is 0. The number of benzene rings is 1. The van der Waals surface area contributed by atoms with Crippen LogP contribution in [0.15, 0.2) is 24.3 Å². The molecule has 6 nitrogen and oxygen atoms in total. The molecule has 0 spiro atoms. The Morgan fingerprint density at radius 1 is 1.16 bits per heavy atom. The molecule has 1 unspecified atom stereocenters. The fraction of sp³-hybridized carbons (Fsp3) is 0.579. The first-order valence-electron chi connectivity index (χ1n) is 9.21. The van der Waals surface area contributed by atoms with Crippen molar-refractivity contribution < 1.29 is 9.59 Å². The van der Waals surface area contributed by atoms with Gasteiger partial charge in [-0.15, -0.1) is 0 Å². The van der Waals surface area contributed by atoms with Gasteiger partial charge in [-0.3, -0.25) is 14.5 Å². The van der Waals surface area contributed by atoms with E-state index in [1.807, 2.05) is 24.3 Å². The Labute approximate surface area is 149 Å². The number of nitrogens with zero attached hydrogens (tertiary/aromatic N) is 1. The van der Waals surface area contributed by atoms with E-state index in [0.29, 0.717) is 6.54 Å². The standard InChI is InChI=1S/C19H28N4O2/c20-19(25)16-2-1-9-23(13-16)12-15-5-7-17(8-6-15)22-18(24)11-21-10-14-3-4-14/h5-8,14,16,21H,1-4,9-13H2,(H2,20,25)(H,22,24). The van der Waals surface area contributed by atoms with Crippen molar-refractivity contribution >= 4 is 17.5 Å². The molecule has 3 rings (SSSR count). The number of rotatable bonds is 8. The van der Waals surface area contributed by atoms with Gasteiger partial charge in [0, 0.05) is 18.8 Å². The van der Waals surface area contributed by atoms with Crippen LogP contribution in [0, 0.1) is 11.8 Å². The molecular weight excluding hydrogens is 316 g/mol. The maximum absolute atomic E-state index is 11.9. The van der Waals surface area contributed by atoms with E-state index in [1.54, 1.807) is 0 Å². The van der Waals surface area contributed by atoms with Gasteiger partial charge in [0.1, 0.15) is 0 Å². The molecule has 4 N–H and O–H groups in total.